The number of nitrogens with zero attached hydrogens (tertiary/aromatic N) is 1. The molecule has 0 aliphatic carbocycles. The Kier molecular flexibility index (Phi) is 3.62. The van der Waals surface area contributed by atoms with Gasteiger partial charge in [0.15, 0.2) is 0 Å². The normalized spacial score (nSPS) is 10.4. The second-order valence-electron chi connectivity index (χ2n) is 4.12. The Morgan fingerprint density at radius 1 is 1.28 bits per heavy atom. The molecule has 0 atom stereocenters. The van der Waals surface area contributed by atoms with Crippen molar-refractivity contribution in [2.24, 2.45) is 5.73 Å². The SMILES string of the molecule is NC(=O)CCCNc1ccc(N)c2cnccc12. The van der Waals surface area contributed by atoms with Crippen molar-refractivity contribution in [1.82, 2.24) is 4.98 Å². The maximum Gasteiger partial charge on any atom is 0.217 e. The van der Waals surface area contributed by atoms with Gasteiger partial charge in [0, 0.05) is 47.5 Å². The number of nitrogen functional groups attached to an aromatic ring is 1. The summed E-state index contributed by atoms with van der Waals surface area (Å²) in [4.78, 5) is 14.7. The maximum absolute atomic E-state index is 10.6. The van der Waals surface area contributed by atoms with Crippen LogP contribution in [0.15, 0.2) is 30.6 Å². The van der Waals surface area contributed by atoms with Crippen LogP contribution in [0.2, 0.25) is 0 Å². The van der Waals surface area contributed by atoms with Crippen molar-refractivity contribution in [3.05, 3.63) is 30.6 Å². The molecule has 0 radical (unpaired) electrons. The van der Waals surface area contributed by atoms with Gasteiger partial charge in [-0.15, -0.1) is 0 Å². The second kappa shape index (κ2) is 5.35. The molecule has 5 N–H and O–H groups in total. The Morgan fingerprint density at radius 2 is 2.11 bits per heavy atom. The number of aromatic nitrogens is 1. The van der Waals surface area contributed by atoms with Crippen LogP contribution in [0.25, 0.3) is 10.8 Å². The minimum atomic E-state index is -0.275. The first-order chi connectivity index (χ1) is 8.68. The van der Waals surface area contributed by atoms with Gasteiger partial charge in [-0.3, -0.25) is 9.78 Å². The van der Waals surface area contributed by atoms with Crippen molar-refractivity contribution >= 4 is 28.1 Å². The van der Waals surface area contributed by atoms with E-state index in [9.17, 15) is 4.79 Å². The molecule has 1 amide bonds. The molecular formula is C13H16N4O. The van der Waals surface area contributed by atoms with Gasteiger partial charge >= 0.3 is 0 Å². The number of rotatable bonds is 5. The highest BCUT2D eigenvalue weighted by atomic mass is 16.1. The summed E-state index contributed by atoms with van der Waals surface area (Å²) in [7, 11) is 0. The van der Waals surface area contributed by atoms with Gasteiger partial charge in [-0.25, -0.2) is 0 Å². The number of fused-ring (bicyclic) bond motifs is 1. The highest BCUT2D eigenvalue weighted by Gasteiger charge is 2.03. The lowest BCUT2D eigenvalue weighted by Gasteiger charge is -2.10. The Bertz CT molecular complexity index is 568. The fourth-order valence-corrected chi connectivity index (χ4v) is 1.85. The molecular weight excluding hydrogens is 228 g/mol. The zero-order valence-electron chi connectivity index (χ0n) is 10.0. The maximum atomic E-state index is 10.6. The lowest BCUT2D eigenvalue weighted by Crippen LogP contribution is -2.12. The molecule has 2 rings (SSSR count). The van der Waals surface area contributed by atoms with Gasteiger partial charge in [0.25, 0.3) is 0 Å². The summed E-state index contributed by atoms with van der Waals surface area (Å²) in [6.45, 7) is 0.699. The Morgan fingerprint density at radius 3 is 2.89 bits per heavy atom. The van der Waals surface area contributed by atoms with E-state index in [0.29, 0.717) is 25.1 Å². The molecule has 2 aromatic rings. The first-order valence-electron chi connectivity index (χ1n) is 5.83. The van der Waals surface area contributed by atoms with E-state index in [-0.39, 0.29) is 5.91 Å². The van der Waals surface area contributed by atoms with Crippen molar-refractivity contribution in [1.29, 1.82) is 0 Å². The Hall–Kier alpha value is -2.30. The van der Waals surface area contributed by atoms with Crippen LogP contribution >= 0.6 is 0 Å². The summed E-state index contributed by atoms with van der Waals surface area (Å²) in [5, 5.41) is 5.24. The predicted octanol–water partition coefficient (Wildman–Crippen LogP) is 1.49. The van der Waals surface area contributed by atoms with Crippen molar-refractivity contribution in [3.63, 3.8) is 0 Å². The van der Waals surface area contributed by atoms with E-state index in [1.165, 1.54) is 0 Å². The predicted molar refractivity (Wildman–Crippen MR) is 73.1 cm³/mol. The molecule has 5 nitrogen and oxygen atoms in total. The number of pyridine rings is 1. The topological polar surface area (TPSA) is 94.0 Å². The Balaban J connectivity index is 2.14. The van der Waals surface area contributed by atoms with Crippen LogP contribution in [0.5, 0.6) is 0 Å². The smallest absolute Gasteiger partial charge is 0.217 e. The van der Waals surface area contributed by atoms with E-state index in [2.05, 4.69) is 10.3 Å². The molecule has 5 heteroatoms. The third-order valence-corrected chi connectivity index (χ3v) is 2.77. The fourth-order valence-electron chi connectivity index (χ4n) is 1.85. The van der Waals surface area contributed by atoms with Gasteiger partial charge in [-0.1, -0.05) is 0 Å². The number of carbonyl (C=O) groups is 1. The van der Waals surface area contributed by atoms with Gasteiger partial charge in [0.2, 0.25) is 5.91 Å². The van der Waals surface area contributed by atoms with Crippen molar-refractivity contribution < 1.29 is 4.79 Å². The second-order valence-corrected chi connectivity index (χ2v) is 4.12. The zero-order chi connectivity index (χ0) is 13.0. The molecule has 0 fully saturated rings. The largest absolute Gasteiger partial charge is 0.398 e. The van der Waals surface area contributed by atoms with Crippen LogP contribution in [0.4, 0.5) is 11.4 Å². The number of amides is 1. The summed E-state index contributed by atoms with van der Waals surface area (Å²) in [6, 6.07) is 5.70. The number of primary amides is 1. The van der Waals surface area contributed by atoms with E-state index in [1.54, 1.807) is 12.4 Å². The molecule has 1 aromatic heterocycles. The molecule has 0 aliphatic heterocycles. The lowest BCUT2D eigenvalue weighted by molar-refractivity contribution is -0.118. The highest BCUT2D eigenvalue weighted by Crippen LogP contribution is 2.27. The molecule has 1 heterocycles. The first-order valence-corrected chi connectivity index (χ1v) is 5.83. The summed E-state index contributed by atoms with van der Waals surface area (Å²) in [6.07, 6.45) is 4.59. The van der Waals surface area contributed by atoms with Crippen molar-refractivity contribution in [2.45, 2.75) is 12.8 Å². The fraction of sp³-hybridized carbons (Fsp3) is 0.231. The van der Waals surface area contributed by atoms with E-state index >= 15 is 0 Å². The minimum Gasteiger partial charge on any atom is -0.398 e. The van der Waals surface area contributed by atoms with Crippen LogP contribution in [-0.4, -0.2) is 17.4 Å². The van der Waals surface area contributed by atoms with E-state index in [0.717, 1.165) is 16.5 Å². The number of nitrogens with two attached hydrogens (primary N) is 2. The summed E-state index contributed by atoms with van der Waals surface area (Å²) in [5.41, 5.74) is 12.7. The van der Waals surface area contributed by atoms with Crippen LogP contribution in [0, 0.1) is 0 Å². The van der Waals surface area contributed by atoms with Gasteiger partial charge in [-0.05, 0) is 24.6 Å². The molecule has 0 bridgehead atoms. The molecule has 0 saturated carbocycles. The molecule has 18 heavy (non-hydrogen) atoms. The number of anilines is 2. The quantitative estimate of drug-likeness (QED) is 0.548. The standard InChI is InChI=1S/C13H16N4O/c14-11-3-4-12(17-6-1-2-13(15)18)9-5-7-16-8-10(9)11/h3-5,7-8,17H,1-2,6,14H2,(H2,15,18). The molecule has 0 unspecified atom stereocenters. The molecule has 1 aromatic carbocycles. The number of benzene rings is 1. The van der Waals surface area contributed by atoms with Crippen molar-refractivity contribution in [2.75, 3.05) is 17.6 Å². The average molecular weight is 244 g/mol. The average Bonchev–Trinajstić information content (AvgIpc) is 2.37. The van der Waals surface area contributed by atoms with Gasteiger partial charge in [-0.2, -0.15) is 0 Å². The summed E-state index contributed by atoms with van der Waals surface area (Å²) < 4.78 is 0. The van der Waals surface area contributed by atoms with Crippen LogP contribution in [-0.2, 0) is 4.79 Å². The van der Waals surface area contributed by atoms with E-state index in [1.807, 2.05) is 18.2 Å². The van der Waals surface area contributed by atoms with Gasteiger partial charge in [0.1, 0.15) is 0 Å². The molecule has 0 saturated heterocycles. The van der Waals surface area contributed by atoms with Crippen LogP contribution in [0.3, 0.4) is 0 Å². The molecule has 0 aliphatic rings. The Labute approximate surface area is 105 Å². The molecule has 0 spiro atoms. The summed E-state index contributed by atoms with van der Waals surface area (Å²) >= 11 is 0. The molecule has 94 valence electrons. The number of hydrogen-bond acceptors (Lipinski definition) is 4. The van der Waals surface area contributed by atoms with Gasteiger partial charge < -0.3 is 16.8 Å². The highest BCUT2D eigenvalue weighted by molar-refractivity contribution is 6.00. The number of carbonyl (C=O) groups excluding carboxylic acids is 1. The number of hydrogen-bond donors (Lipinski definition) is 3. The zero-order valence-corrected chi connectivity index (χ0v) is 10.0. The lowest BCUT2D eigenvalue weighted by atomic mass is 10.1. The first kappa shape index (κ1) is 12.2. The van der Waals surface area contributed by atoms with Crippen LogP contribution < -0.4 is 16.8 Å². The monoisotopic (exact) mass is 244 g/mol. The third-order valence-electron chi connectivity index (χ3n) is 2.77. The van der Waals surface area contributed by atoms with Crippen LogP contribution in [0.1, 0.15) is 12.8 Å². The minimum absolute atomic E-state index is 0.275. The number of nitrogens with one attached hydrogen (secondary N) is 1. The van der Waals surface area contributed by atoms with Gasteiger partial charge in [0.05, 0.1) is 0 Å². The summed E-state index contributed by atoms with van der Waals surface area (Å²) in [5.74, 6) is -0.275. The van der Waals surface area contributed by atoms with E-state index < -0.39 is 0 Å². The van der Waals surface area contributed by atoms with Crippen molar-refractivity contribution in [3.8, 4) is 0 Å². The van der Waals surface area contributed by atoms with E-state index in [4.69, 9.17) is 11.5 Å². The third kappa shape index (κ3) is 2.68.